The molecule has 0 saturated carbocycles. The van der Waals surface area contributed by atoms with Crippen molar-refractivity contribution in [2.75, 3.05) is 7.11 Å². The maximum atomic E-state index is 11.4. The number of methoxy groups -OCH3 is 1. The van der Waals surface area contributed by atoms with Gasteiger partial charge in [-0.1, -0.05) is 33.2 Å². The van der Waals surface area contributed by atoms with Crippen molar-refractivity contribution in [1.82, 2.24) is 0 Å². The number of alkyl halides is 6. The minimum atomic E-state index is -6.85. The zero-order valence-corrected chi connectivity index (χ0v) is 20.5. The van der Waals surface area contributed by atoms with Crippen molar-refractivity contribution in [2.45, 2.75) is 38.7 Å². The predicted octanol–water partition coefficient (Wildman–Crippen LogP) is 2.99. The first kappa shape index (κ1) is 30.6. The topological polar surface area (TPSA) is 107 Å². The summed E-state index contributed by atoms with van der Waals surface area (Å²) in [5, 5.41) is 9.63. The molecule has 0 aromatic heterocycles. The Morgan fingerprint density at radius 2 is 1.03 bits per heavy atom. The Bertz CT molecular complexity index is 1200. The van der Waals surface area contributed by atoms with Gasteiger partial charge in [0.1, 0.15) is 11.5 Å². The van der Waals surface area contributed by atoms with E-state index in [0.29, 0.717) is 5.75 Å². The SMILES string of the molecule is COc1cc(C)c([B]c2c(C)cc(O)cc2C)c(C)c1.O=S(=O)(OS(=O)(=O)C(F)(F)F)C(F)(F)F. The molecule has 35 heavy (non-hydrogen) atoms. The summed E-state index contributed by atoms with van der Waals surface area (Å²) in [6.45, 7) is 8.22. The van der Waals surface area contributed by atoms with Gasteiger partial charge in [-0.3, -0.25) is 0 Å². The molecule has 0 atom stereocenters. The third-order valence-electron chi connectivity index (χ3n) is 4.42. The number of hydrogen-bond acceptors (Lipinski definition) is 7. The number of benzene rings is 2. The predicted molar refractivity (Wildman–Crippen MR) is 116 cm³/mol. The van der Waals surface area contributed by atoms with Gasteiger partial charge in [0.25, 0.3) is 0 Å². The van der Waals surface area contributed by atoms with E-state index in [1.165, 1.54) is 22.1 Å². The first-order valence-electron chi connectivity index (χ1n) is 9.26. The van der Waals surface area contributed by atoms with E-state index in [9.17, 15) is 48.3 Å². The van der Waals surface area contributed by atoms with Crippen molar-refractivity contribution in [3.05, 3.63) is 46.5 Å². The zero-order chi connectivity index (χ0) is 27.6. The number of hydrogen-bond donors (Lipinski definition) is 1. The second-order valence-electron chi connectivity index (χ2n) is 7.18. The summed E-state index contributed by atoms with van der Waals surface area (Å²) < 4.78 is 115. The molecule has 0 amide bonds. The molecule has 2 aromatic rings. The normalized spacial score (nSPS) is 12.5. The highest BCUT2D eigenvalue weighted by molar-refractivity contribution is 8.00. The summed E-state index contributed by atoms with van der Waals surface area (Å²) in [5.41, 5.74) is -5.60. The van der Waals surface area contributed by atoms with Crippen LogP contribution < -0.4 is 15.7 Å². The van der Waals surface area contributed by atoms with Crippen molar-refractivity contribution in [3.8, 4) is 11.5 Å². The molecule has 2 rings (SSSR count). The molecule has 16 heteroatoms. The van der Waals surface area contributed by atoms with E-state index in [1.54, 1.807) is 19.2 Å². The van der Waals surface area contributed by atoms with Crippen LogP contribution in [-0.2, 0) is 23.9 Å². The number of aryl methyl sites for hydroxylation is 4. The molecule has 0 fully saturated rings. The molecule has 0 bridgehead atoms. The van der Waals surface area contributed by atoms with Gasteiger partial charge in [-0.25, -0.2) is 0 Å². The van der Waals surface area contributed by atoms with Crippen LogP contribution in [0.15, 0.2) is 24.3 Å². The Morgan fingerprint density at radius 1 is 0.714 bits per heavy atom. The van der Waals surface area contributed by atoms with Crippen LogP contribution in [0.25, 0.3) is 0 Å². The fourth-order valence-corrected chi connectivity index (χ4v) is 4.36. The standard InChI is InChI=1S/C17H20BO2.C2F6O5S2/c1-10-6-14(19)7-11(2)16(10)18-17-12(3)8-15(20-5)9-13(17)4;3-1(4,5)14(9,10)13-15(11,12)2(6,7)8/h6-9,19H,1-5H3;. The van der Waals surface area contributed by atoms with E-state index in [2.05, 4.69) is 21.1 Å². The van der Waals surface area contributed by atoms with Crippen molar-refractivity contribution in [2.24, 2.45) is 0 Å². The lowest BCUT2D eigenvalue weighted by Gasteiger charge is -2.15. The van der Waals surface area contributed by atoms with Crippen molar-refractivity contribution >= 4 is 38.4 Å². The van der Waals surface area contributed by atoms with E-state index >= 15 is 0 Å². The summed E-state index contributed by atoms with van der Waals surface area (Å²) in [7, 11) is -9.82. The second kappa shape index (κ2) is 10.7. The summed E-state index contributed by atoms with van der Waals surface area (Å²) >= 11 is 0. The number of ether oxygens (including phenoxy) is 1. The van der Waals surface area contributed by atoms with Crippen LogP contribution in [0.1, 0.15) is 22.3 Å². The summed E-state index contributed by atoms with van der Waals surface area (Å²) in [6.07, 6.45) is 0. The fraction of sp³-hybridized carbons (Fsp3) is 0.368. The van der Waals surface area contributed by atoms with E-state index in [0.717, 1.165) is 16.9 Å². The first-order valence-corrected chi connectivity index (χ1v) is 12.1. The molecule has 195 valence electrons. The number of phenols is 1. The van der Waals surface area contributed by atoms with Gasteiger partial charge in [-0.2, -0.15) is 43.2 Å². The lowest BCUT2D eigenvalue weighted by atomic mass is 9.58. The summed E-state index contributed by atoms with van der Waals surface area (Å²) in [6, 6.07) is 7.69. The first-order chi connectivity index (χ1) is 15.6. The molecule has 0 heterocycles. The average molecular weight is 549 g/mol. The number of rotatable bonds is 5. The maximum Gasteiger partial charge on any atom is 0.524 e. The zero-order valence-electron chi connectivity index (χ0n) is 18.9. The Kier molecular flexibility index (Phi) is 9.31. The van der Waals surface area contributed by atoms with Crippen LogP contribution in [0, 0.1) is 27.7 Å². The van der Waals surface area contributed by atoms with Gasteiger partial charge in [0, 0.05) is 0 Å². The van der Waals surface area contributed by atoms with Crippen molar-refractivity contribution in [1.29, 1.82) is 0 Å². The second-order valence-corrected chi connectivity index (χ2v) is 10.5. The highest BCUT2D eigenvalue weighted by Gasteiger charge is 2.57. The lowest BCUT2D eigenvalue weighted by Crippen LogP contribution is -2.34. The van der Waals surface area contributed by atoms with Crippen molar-refractivity contribution in [3.63, 3.8) is 0 Å². The van der Waals surface area contributed by atoms with Gasteiger partial charge in [-0.05, 0) is 52.0 Å². The van der Waals surface area contributed by atoms with Gasteiger partial charge in [0.15, 0.2) is 7.28 Å². The van der Waals surface area contributed by atoms with Crippen LogP contribution in [0.5, 0.6) is 11.5 Å². The van der Waals surface area contributed by atoms with E-state index < -0.39 is 31.3 Å². The highest BCUT2D eigenvalue weighted by Crippen LogP contribution is 2.32. The van der Waals surface area contributed by atoms with Crippen molar-refractivity contribution < 1.29 is 56.7 Å². The molecule has 0 aliphatic carbocycles. The molecule has 0 aliphatic heterocycles. The van der Waals surface area contributed by atoms with E-state index in [4.69, 9.17) is 4.74 Å². The monoisotopic (exact) mass is 549 g/mol. The van der Waals surface area contributed by atoms with Crippen LogP contribution in [0.4, 0.5) is 26.3 Å². The van der Waals surface area contributed by atoms with Crippen LogP contribution >= 0.6 is 0 Å². The lowest BCUT2D eigenvalue weighted by molar-refractivity contribution is -0.0585. The fourth-order valence-electron chi connectivity index (χ4n) is 2.80. The van der Waals surface area contributed by atoms with Crippen LogP contribution in [0.2, 0.25) is 0 Å². The molecule has 1 N–H and O–H groups in total. The minimum Gasteiger partial charge on any atom is -0.508 e. The Labute approximate surface area is 199 Å². The Balaban J connectivity index is 0.000000367. The third kappa shape index (κ3) is 7.77. The van der Waals surface area contributed by atoms with Gasteiger partial charge in [-0.15, -0.1) is 3.63 Å². The Morgan fingerprint density at radius 3 is 1.31 bits per heavy atom. The van der Waals surface area contributed by atoms with Gasteiger partial charge >= 0.3 is 31.3 Å². The molecular formula is C19H20BF6O7S2. The van der Waals surface area contributed by atoms with Gasteiger partial charge in [0.2, 0.25) is 0 Å². The maximum absolute atomic E-state index is 11.4. The molecule has 0 saturated heterocycles. The third-order valence-corrected chi connectivity index (χ3v) is 6.98. The van der Waals surface area contributed by atoms with Gasteiger partial charge in [0.05, 0.1) is 7.11 Å². The van der Waals surface area contributed by atoms with Crippen LogP contribution in [-0.4, -0.2) is 47.3 Å². The average Bonchev–Trinajstić information content (AvgIpc) is 2.63. The quantitative estimate of drug-likeness (QED) is 0.347. The highest BCUT2D eigenvalue weighted by atomic mass is 32.3. The molecule has 0 unspecified atom stereocenters. The Hall–Kier alpha value is -2.46. The summed E-state index contributed by atoms with van der Waals surface area (Å²) in [4.78, 5) is 0. The smallest absolute Gasteiger partial charge is 0.508 e. The van der Waals surface area contributed by atoms with E-state index in [-0.39, 0.29) is 0 Å². The molecule has 0 aliphatic rings. The minimum absolute atomic E-state index is 0.320. The van der Waals surface area contributed by atoms with Crippen LogP contribution in [0.3, 0.4) is 0 Å². The number of halogens is 6. The number of phenolic OH excluding ortho intramolecular Hbond substituents is 1. The molecule has 0 spiro atoms. The summed E-state index contributed by atoms with van der Waals surface area (Å²) in [5.74, 6) is 1.21. The molecule has 1 radical (unpaired) electrons. The van der Waals surface area contributed by atoms with Gasteiger partial charge < -0.3 is 9.84 Å². The van der Waals surface area contributed by atoms with E-state index in [1.807, 2.05) is 29.6 Å². The largest absolute Gasteiger partial charge is 0.524 e. The number of aromatic hydroxyl groups is 1. The molecule has 2 aromatic carbocycles. The molecular weight excluding hydrogens is 529 g/mol. The molecule has 7 nitrogen and oxygen atoms in total.